The number of ketones is 1. The molecule has 1 heterocycles. The zero-order chi connectivity index (χ0) is 23.5. The number of aliphatic hydroxyl groups is 1. The maximum atomic E-state index is 13.2. The van der Waals surface area contributed by atoms with Crippen molar-refractivity contribution in [3.8, 4) is 5.75 Å². The van der Waals surface area contributed by atoms with Crippen LogP contribution in [-0.4, -0.2) is 28.3 Å². The Morgan fingerprint density at radius 3 is 2.45 bits per heavy atom. The third-order valence-corrected chi connectivity index (χ3v) is 5.30. The van der Waals surface area contributed by atoms with Crippen LogP contribution in [0.3, 0.4) is 0 Å². The summed E-state index contributed by atoms with van der Waals surface area (Å²) in [5, 5.41) is 22.3. The number of nitrogens with zero attached hydrogens (tertiary/aromatic N) is 2. The van der Waals surface area contributed by atoms with Gasteiger partial charge in [-0.15, -0.1) is 0 Å². The number of hydrogen-bond donors (Lipinski definition) is 1. The van der Waals surface area contributed by atoms with Crippen LogP contribution in [0, 0.1) is 10.1 Å². The summed E-state index contributed by atoms with van der Waals surface area (Å²) in [6, 6.07) is 20.0. The summed E-state index contributed by atoms with van der Waals surface area (Å²) in [5.41, 5.74) is 0.717. The summed E-state index contributed by atoms with van der Waals surface area (Å²) in [6.07, 6.45) is 0. The predicted molar refractivity (Wildman–Crippen MR) is 122 cm³/mol. The number of Topliss-reactive ketones (excluding diaryl/α,β-unsaturated/α-hetero) is 1. The Labute approximate surface area is 189 Å². The Morgan fingerprint density at radius 1 is 1.03 bits per heavy atom. The molecule has 0 aromatic heterocycles. The van der Waals surface area contributed by atoms with Crippen molar-refractivity contribution in [2.24, 2.45) is 0 Å². The number of nitro benzene ring substituents is 1. The number of nitro groups is 1. The third-order valence-electron chi connectivity index (χ3n) is 5.30. The van der Waals surface area contributed by atoms with Gasteiger partial charge < -0.3 is 9.84 Å². The molecule has 1 aliphatic rings. The van der Waals surface area contributed by atoms with Gasteiger partial charge in [-0.25, -0.2) is 0 Å². The SMILES string of the molecule is CCOc1cccc(N2C(=O)C(=O)/C(=C(\O)c3cccc([N+](=O)[O-])c3)C2c2ccccc2)c1. The van der Waals surface area contributed by atoms with Crippen LogP contribution >= 0.6 is 0 Å². The highest BCUT2D eigenvalue weighted by atomic mass is 16.6. The number of anilines is 1. The summed E-state index contributed by atoms with van der Waals surface area (Å²) in [6.45, 7) is 2.26. The van der Waals surface area contributed by atoms with Gasteiger partial charge in [0.25, 0.3) is 17.4 Å². The summed E-state index contributed by atoms with van der Waals surface area (Å²) in [4.78, 5) is 38.2. The van der Waals surface area contributed by atoms with Gasteiger partial charge in [-0.2, -0.15) is 0 Å². The van der Waals surface area contributed by atoms with E-state index in [1.54, 1.807) is 54.6 Å². The molecule has 166 valence electrons. The Balaban J connectivity index is 1.92. The van der Waals surface area contributed by atoms with Crippen molar-refractivity contribution in [3.63, 3.8) is 0 Å². The van der Waals surface area contributed by atoms with Gasteiger partial charge in [0.15, 0.2) is 0 Å². The molecule has 1 aliphatic heterocycles. The minimum atomic E-state index is -0.928. The Bertz CT molecular complexity index is 1270. The number of carbonyl (C=O) groups excluding carboxylic acids is 2. The molecule has 0 radical (unpaired) electrons. The molecule has 8 heteroatoms. The maximum absolute atomic E-state index is 13.2. The average Bonchev–Trinajstić information content (AvgIpc) is 3.10. The number of amides is 1. The molecule has 0 saturated carbocycles. The summed E-state index contributed by atoms with van der Waals surface area (Å²) >= 11 is 0. The van der Waals surface area contributed by atoms with Crippen LogP contribution in [0.2, 0.25) is 0 Å². The van der Waals surface area contributed by atoms with E-state index >= 15 is 0 Å². The molecule has 3 aromatic rings. The van der Waals surface area contributed by atoms with Gasteiger partial charge in [0.05, 0.1) is 23.1 Å². The summed E-state index contributed by atoms with van der Waals surface area (Å²) in [5.74, 6) is -1.64. The number of hydrogen-bond acceptors (Lipinski definition) is 6. The van der Waals surface area contributed by atoms with E-state index in [0.29, 0.717) is 23.6 Å². The standard InChI is InChI=1S/C25H20N2O6/c1-2-33-20-13-7-11-18(15-20)26-22(16-8-4-3-5-9-16)21(24(29)25(26)30)23(28)17-10-6-12-19(14-17)27(31)32/h3-15,22,28H,2H2,1H3/b23-21-. The van der Waals surface area contributed by atoms with Gasteiger partial charge in [0.2, 0.25) is 0 Å². The van der Waals surface area contributed by atoms with Crippen molar-refractivity contribution in [1.29, 1.82) is 0 Å². The third kappa shape index (κ3) is 4.06. The van der Waals surface area contributed by atoms with E-state index in [-0.39, 0.29) is 16.8 Å². The van der Waals surface area contributed by atoms with Gasteiger partial charge in [0.1, 0.15) is 11.5 Å². The van der Waals surface area contributed by atoms with E-state index < -0.39 is 28.4 Å². The lowest BCUT2D eigenvalue weighted by molar-refractivity contribution is -0.384. The van der Waals surface area contributed by atoms with Crippen LogP contribution in [0.4, 0.5) is 11.4 Å². The zero-order valence-corrected chi connectivity index (χ0v) is 17.7. The fourth-order valence-electron chi connectivity index (χ4n) is 3.86. The monoisotopic (exact) mass is 444 g/mol. The van der Waals surface area contributed by atoms with Crippen molar-refractivity contribution in [3.05, 3.63) is 106 Å². The summed E-state index contributed by atoms with van der Waals surface area (Å²) < 4.78 is 5.54. The minimum Gasteiger partial charge on any atom is -0.507 e. The second kappa shape index (κ2) is 8.96. The first-order chi connectivity index (χ1) is 15.9. The lowest BCUT2D eigenvalue weighted by Crippen LogP contribution is -2.29. The first kappa shape index (κ1) is 21.8. The highest BCUT2D eigenvalue weighted by molar-refractivity contribution is 6.51. The van der Waals surface area contributed by atoms with E-state index in [4.69, 9.17) is 4.74 Å². The van der Waals surface area contributed by atoms with Crippen molar-refractivity contribution < 1.29 is 24.4 Å². The Hall–Kier alpha value is -4.46. The molecule has 0 aliphatic carbocycles. The molecule has 1 saturated heterocycles. The van der Waals surface area contributed by atoms with E-state index in [9.17, 15) is 24.8 Å². The van der Waals surface area contributed by atoms with Gasteiger partial charge in [-0.1, -0.05) is 48.5 Å². The molecule has 1 N–H and O–H groups in total. The molecule has 1 fully saturated rings. The van der Waals surface area contributed by atoms with Crippen molar-refractivity contribution in [1.82, 2.24) is 0 Å². The molecule has 8 nitrogen and oxygen atoms in total. The van der Waals surface area contributed by atoms with Crippen LogP contribution in [0.15, 0.2) is 84.4 Å². The number of non-ortho nitro benzene ring substituents is 1. The van der Waals surface area contributed by atoms with E-state index in [1.165, 1.54) is 29.2 Å². The van der Waals surface area contributed by atoms with Gasteiger partial charge in [-0.05, 0) is 24.6 Å². The fourth-order valence-corrected chi connectivity index (χ4v) is 3.86. The average molecular weight is 444 g/mol. The Kier molecular flexibility index (Phi) is 5.91. The number of benzene rings is 3. The first-order valence-corrected chi connectivity index (χ1v) is 10.3. The van der Waals surface area contributed by atoms with Gasteiger partial charge in [0, 0.05) is 29.4 Å². The molecular formula is C25H20N2O6. The second-order valence-electron chi connectivity index (χ2n) is 7.32. The molecule has 33 heavy (non-hydrogen) atoms. The normalized spacial score (nSPS) is 17.2. The molecule has 3 aromatic carbocycles. The lowest BCUT2D eigenvalue weighted by Gasteiger charge is -2.25. The zero-order valence-electron chi connectivity index (χ0n) is 17.7. The first-order valence-electron chi connectivity index (χ1n) is 10.3. The topological polar surface area (TPSA) is 110 Å². The van der Waals surface area contributed by atoms with Crippen LogP contribution in [-0.2, 0) is 9.59 Å². The number of ether oxygens (including phenoxy) is 1. The second-order valence-corrected chi connectivity index (χ2v) is 7.32. The van der Waals surface area contributed by atoms with Crippen LogP contribution < -0.4 is 9.64 Å². The molecule has 4 rings (SSSR count). The summed E-state index contributed by atoms with van der Waals surface area (Å²) in [7, 11) is 0. The van der Waals surface area contributed by atoms with Crippen LogP contribution in [0.5, 0.6) is 5.75 Å². The minimum absolute atomic E-state index is 0.0752. The molecule has 1 unspecified atom stereocenters. The van der Waals surface area contributed by atoms with E-state index in [0.717, 1.165) is 0 Å². The van der Waals surface area contributed by atoms with E-state index in [2.05, 4.69) is 0 Å². The van der Waals surface area contributed by atoms with Crippen molar-refractivity contribution >= 4 is 28.8 Å². The Morgan fingerprint density at radius 2 is 1.76 bits per heavy atom. The quantitative estimate of drug-likeness (QED) is 0.195. The lowest BCUT2D eigenvalue weighted by atomic mass is 9.95. The maximum Gasteiger partial charge on any atom is 0.300 e. The van der Waals surface area contributed by atoms with E-state index in [1.807, 2.05) is 6.92 Å². The van der Waals surface area contributed by atoms with Crippen molar-refractivity contribution in [2.75, 3.05) is 11.5 Å². The molecule has 0 spiro atoms. The smallest absolute Gasteiger partial charge is 0.300 e. The number of rotatable bonds is 6. The fraction of sp³-hybridized carbons (Fsp3) is 0.120. The molecule has 1 atom stereocenters. The predicted octanol–water partition coefficient (Wildman–Crippen LogP) is 4.62. The molecular weight excluding hydrogens is 424 g/mol. The highest BCUT2D eigenvalue weighted by Crippen LogP contribution is 2.42. The molecule has 0 bridgehead atoms. The van der Waals surface area contributed by atoms with Gasteiger partial charge >= 0.3 is 0 Å². The van der Waals surface area contributed by atoms with Crippen LogP contribution in [0.25, 0.3) is 5.76 Å². The number of carbonyl (C=O) groups is 2. The van der Waals surface area contributed by atoms with Crippen molar-refractivity contribution in [2.45, 2.75) is 13.0 Å². The van der Waals surface area contributed by atoms with Gasteiger partial charge in [-0.3, -0.25) is 24.6 Å². The largest absolute Gasteiger partial charge is 0.507 e. The van der Waals surface area contributed by atoms with Crippen LogP contribution in [0.1, 0.15) is 24.1 Å². The highest BCUT2D eigenvalue weighted by Gasteiger charge is 2.47. The number of aliphatic hydroxyl groups excluding tert-OH is 1. The molecule has 1 amide bonds.